The maximum absolute atomic E-state index is 6.53. The Labute approximate surface area is 135 Å². The van der Waals surface area contributed by atoms with E-state index in [-0.39, 0.29) is 5.38 Å². The Morgan fingerprint density at radius 2 is 1.80 bits per heavy atom. The van der Waals surface area contributed by atoms with Crippen LogP contribution in [0.4, 0.5) is 0 Å². The highest BCUT2D eigenvalue weighted by Crippen LogP contribution is 2.26. The average Bonchev–Trinajstić information content (AvgIpc) is 2.45. The van der Waals surface area contributed by atoms with E-state index in [1.165, 1.54) is 29.5 Å². The number of halogens is 2. The Morgan fingerprint density at radius 3 is 2.45 bits per heavy atom. The Balaban J connectivity index is 2.00. The lowest BCUT2D eigenvalue weighted by Crippen LogP contribution is -1.96. The number of alkyl halides is 1. The van der Waals surface area contributed by atoms with E-state index in [4.69, 9.17) is 11.6 Å². The lowest BCUT2D eigenvalue weighted by atomic mass is 10.0. The van der Waals surface area contributed by atoms with Crippen molar-refractivity contribution in [2.45, 2.75) is 38.0 Å². The fourth-order valence-corrected chi connectivity index (χ4v) is 3.03. The van der Waals surface area contributed by atoms with Crippen molar-refractivity contribution in [2.24, 2.45) is 0 Å². The molecule has 0 aliphatic rings. The highest BCUT2D eigenvalue weighted by molar-refractivity contribution is 9.10. The van der Waals surface area contributed by atoms with Gasteiger partial charge in [0.15, 0.2) is 0 Å². The van der Waals surface area contributed by atoms with Crippen LogP contribution in [0.1, 0.15) is 41.8 Å². The maximum atomic E-state index is 6.53. The van der Waals surface area contributed by atoms with Crippen LogP contribution in [-0.4, -0.2) is 0 Å². The fourth-order valence-electron chi connectivity index (χ4n) is 2.26. The molecular formula is C18H20BrCl. The first-order valence-corrected chi connectivity index (χ1v) is 8.39. The topological polar surface area (TPSA) is 0 Å². The van der Waals surface area contributed by atoms with Gasteiger partial charge in [0.05, 0.1) is 5.38 Å². The Hall–Kier alpha value is -0.790. The molecule has 1 unspecified atom stereocenters. The standard InChI is InChI=1S/C18H20BrCl/c1-2-3-5-14-8-10-16(11-9-14)18(20)13-15-6-4-7-17(19)12-15/h4,6-12,18H,2-3,5,13H2,1H3. The van der Waals surface area contributed by atoms with E-state index in [9.17, 15) is 0 Å². The van der Waals surface area contributed by atoms with E-state index in [2.05, 4.69) is 65.3 Å². The van der Waals surface area contributed by atoms with Crippen molar-refractivity contribution in [3.05, 3.63) is 69.7 Å². The second-order valence-electron chi connectivity index (χ2n) is 5.15. The second kappa shape index (κ2) is 7.85. The largest absolute Gasteiger partial charge is 0.117 e. The van der Waals surface area contributed by atoms with Gasteiger partial charge in [0, 0.05) is 4.47 Å². The van der Waals surface area contributed by atoms with Crippen LogP contribution in [0, 0.1) is 0 Å². The molecule has 0 aromatic heterocycles. The second-order valence-corrected chi connectivity index (χ2v) is 6.59. The highest BCUT2D eigenvalue weighted by atomic mass is 79.9. The van der Waals surface area contributed by atoms with Gasteiger partial charge in [-0.05, 0) is 48.1 Å². The summed E-state index contributed by atoms with van der Waals surface area (Å²) in [6, 6.07) is 17.1. The van der Waals surface area contributed by atoms with E-state index in [0.29, 0.717) is 0 Å². The normalized spacial score (nSPS) is 12.3. The molecule has 0 aliphatic heterocycles. The van der Waals surface area contributed by atoms with E-state index in [1.807, 2.05) is 6.07 Å². The summed E-state index contributed by atoms with van der Waals surface area (Å²) in [7, 11) is 0. The first-order chi connectivity index (χ1) is 9.69. The molecule has 2 aromatic carbocycles. The molecule has 0 amide bonds. The summed E-state index contributed by atoms with van der Waals surface area (Å²) in [5.41, 5.74) is 3.86. The molecule has 0 N–H and O–H groups in total. The lowest BCUT2D eigenvalue weighted by molar-refractivity contribution is 0.794. The van der Waals surface area contributed by atoms with Gasteiger partial charge in [0.25, 0.3) is 0 Å². The molecule has 0 aliphatic carbocycles. The molecule has 0 nitrogen and oxygen atoms in total. The Morgan fingerprint density at radius 1 is 1.05 bits per heavy atom. The van der Waals surface area contributed by atoms with Crippen LogP contribution < -0.4 is 0 Å². The third-order valence-electron chi connectivity index (χ3n) is 3.46. The summed E-state index contributed by atoms with van der Waals surface area (Å²) in [4.78, 5) is 0. The number of unbranched alkanes of at least 4 members (excludes halogenated alkanes) is 1. The van der Waals surface area contributed by atoms with Gasteiger partial charge >= 0.3 is 0 Å². The van der Waals surface area contributed by atoms with Crippen LogP contribution >= 0.6 is 27.5 Å². The van der Waals surface area contributed by atoms with Crippen LogP contribution in [0.5, 0.6) is 0 Å². The summed E-state index contributed by atoms with van der Waals surface area (Å²) in [6.07, 6.45) is 4.51. The van der Waals surface area contributed by atoms with E-state index in [1.54, 1.807) is 0 Å². The molecule has 0 spiro atoms. The van der Waals surface area contributed by atoms with Crippen LogP contribution in [-0.2, 0) is 12.8 Å². The van der Waals surface area contributed by atoms with Gasteiger partial charge in [0.1, 0.15) is 0 Å². The molecular weight excluding hydrogens is 332 g/mol. The molecule has 2 aromatic rings. The van der Waals surface area contributed by atoms with E-state index in [0.717, 1.165) is 17.3 Å². The first-order valence-electron chi connectivity index (χ1n) is 7.16. The molecule has 0 saturated carbocycles. The first kappa shape index (κ1) is 15.6. The summed E-state index contributed by atoms with van der Waals surface area (Å²) in [5.74, 6) is 0. The smallest absolute Gasteiger partial charge is 0.0625 e. The summed E-state index contributed by atoms with van der Waals surface area (Å²) in [6.45, 7) is 2.22. The SMILES string of the molecule is CCCCc1ccc(C(Cl)Cc2cccc(Br)c2)cc1. The minimum absolute atomic E-state index is 0.0320. The molecule has 1 atom stereocenters. The Kier molecular flexibility index (Phi) is 6.12. The van der Waals surface area contributed by atoms with Gasteiger partial charge in [-0.15, -0.1) is 11.6 Å². The van der Waals surface area contributed by atoms with Crippen LogP contribution in [0.2, 0.25) is 0 Å². The van der Waals surface area contributed by atoms with Gasteiger partial charge in [-0.1, -0.05) is 65.7 Å². The van der Waals surface area contributed by atoms with Gasteiger partial charge in [0.2, 0.25) is 0 Å². The molecule has 2 heteroatoms. The number of aryl methyl sites for hydroxylation is 1. The quantitative estimate of drug-likeness (QED) is 0.535. The molecule has 2 rings (SSSR count). The van der Waals surface area contributed by atoms with Gasteiger partial charge < -0.3 is 0 Å². The molecule has 0 saturated heterocycles. The minimum Gasteiger partial charge on any atom is -0.117 e. The number of benzene rings is 2. The Bertz CT molecular complexity index is 533. The fraction of sp³-hybridized carbons (Fsp3) is 0.333. The zero-order valence-corrected chi connectivity index (χ0v) is 14.1. The van der Waals surface area contributed by atoms with Crippen molar-refractivity contribution in [2.75, 3.05) is 0 Å². The third-order valence-corrected chi connectivity index (χ3v) is 4.36. The molecule has 0 bridgehead atoms. The van der Waals surface area contributed by atoms with Gasteiger partial charge in [-0.2, -0.15) is 0 Å². The average molecular weight is 352 g/mol. The molecule has 106 valence electrons. The molecule has 0 radical (unpaired) electrons. The third kappa shape index (κ3) is 4.64. The summed E-state index contributed by atoms with van der Waals surface area (Å²) >= 11 is 10.0. The number of rotatable bonds is 6. The summed E-state index contributed by atoms with van der Waals surface area (Å²) < 4.78 is 1.11. The summed E-state index contributed by atoms with van der Waals surface area (Å²) in [5, 5.41) is 0.0320. The van der Waals surface area contributed by atoms with Crippen molar-refractivity contribution in [1.82, 2.24) is 0 Å². The monoisotopic (exact) mass is 350 g/mol. The lowest BCUT2D eigenvalue weighted by Gasteiger charge is -2.11. The number of hydrogen-bond donors (Lipinski definition) is 0. The maximum Gasteiger partial charge on any atom is 0.0625 e. The van der Waals surface area contributed by atoms with Gasteiger partial charge in [-0.25, -0.2) is 0 Å². The van der Waals surface area contributed by atoms with E-state index >= 15 is 0 Å². The van der Waals surface area contributed by atoms with Crippen molar-refractivity contribution < 1.29 is 0 Å². The predicted molar refractivity (Wildman–Crippen MR) is 91.5 cm³/mol. The van der Waals surface area contributed by atoms with Crippen LogP contribution in [0.3, 0.4) is 0 Å². The molecule has 0 heterocycles. The zero-order chi connectivity index (χ0) is 14.4. The highest BCUT2D eigenvalue weighted by Gasteiger charge is 2.09. The van der Waals surface area contributed by atoms with E-state index < -0.39 is 0 Å². The predicted octanol–water partition coefficient (Wildman–Crippen LogP) is 6.31. The van der Waals surface area contributed by atoms with Gasteiger partial charge in [-0.3, -0.25) is 0 Å². The van der Waals surface area contributed by atoms with Crippen molar-refractivity contribution in [1.29, 1.82) is 0 Å². The van der Waals surface area contributed by atoms with Crippen molar-refractivity contribution in [3.63, 3.8) is 0 Å². The zero-order valence-electron chi connectivity index (χ0n) is 11.8. The van der Waals surface area contributed by atoms with Crippen LogP contribution in [0.15, 0.2) is 53.0 Å². The molecule has 20 heavy (non-hydrogen) atoms. The minimum atomic E-state index is 0.0320. The van der Waals surface area contributed by atoms with Crippen LogP contribution in [0.25, 0.3) is 0 Å². The molecule has 0 fully saturated rings. The van der Waals surface area contributed by atoms with Crippen molar-refractivity contribution in [3.8, 4) is 0 Å². The number of hydrogen-bond acceptors (Lipinski definition) is 0. The van der Waals surface area contributed by atoms with Crippen molar-refractivity contribution >= 4 is 27.5 Å².